The molecule has 0 saturated heterocycles. The fraction of sp³-hybridized carbons (Fsp3) is 0.385. The van der Waals surface area contributed by atoms with Crippen molar-refractivity contribution in [1.82, 2.24) is 15.2 Å². The number of hydrogen-bond acceptors (Lipinski definition) is 8. The first-order chi connectivity index (χ1) is 11.5. The summed E-state index contributed by atoms with van der Waals surface area (Å²) in [5.74, 6) is 0.232. The van der Waals surface area contributed by atoms with Gasteiger partial charge in [-0.15, -0.1) is 10.2 Å². The first kappa shape index (κ1) is 19.2. The summed E-state index contributed by atoms with van der Waals surface area (Å²) in [5, 5.41) is 15.2. The van der Waals surface area contributed by atoms with E-state index in [0.29, 0.717) is 44.2 Å². The zero-order valence-electron chi connectivity index (χ0n) is 12.9. The quantitative estimate of drug-likeness (QED) is 0.512. The van der Waals surface area contributed by atoms with Crippen LogP contribution in [0.15, 0.2) is 10.4 Å². The van der Waals surface area contributed by atoms with E-state index in [1.54, 1.807) is 20.1 Å². The number of halogens is 2. The molecule has 130 valence electrons. The van der Waals surface area contributed by atoms with E-state index in [1.807, 2.05) is 0 Å². The predicted octanol–water partition coefficient (Wildman–Crippen LogP) is 3.34. The minimum atomic E-state index is -0.236. The van der Waals surface area contributed by atoms with E-state index in [-0.39, 0.29) is 11.7 Å². The van der Waals surface area contributed by atoms with Gasteiger partial charge in [0.25, 0.3) is 0 Å². The van der Waals surface area contributed by atoms with Crippen LogP contribution in [0.5, 0.6) is 0 Å². The number of aryl methyl sites for hydroxylation is 1. The second kappa shape index (κ2) is 9.38. The number of rotatable bonds is 8. The monoisotopic (exact) mass is 407 g/mol. The van der Waals surface area contributed by atoms with Crippen molar-refractivity contribution in [3.8, 4) is 0 Å². The van der Waals surface area contributed by atoms with Gasteiger partial charge in [-0.3, -0.25) is 4.79 Å². The van der Waals surface area contributed by atoms with E-state index in [1.165, 1.54) is 23.1 Å². The first-order valence-electron chi connectivity index (χ1n) is 6.81. The standard InChI is InChI=1S/C13H15Cl2N5O2S2/c1-7-8(14)5-9(15)11(17-7)18-10(21)6-23-13-20-19-12(24-13)16-3-4-22-2/h5H,3-4,6H2,1-2H3,(H,16,19)(H,17,18,21). The Morgan fingerprint density at radius 2 is 2.17 bits per heavy atom. The van der Waals surface area contributed by atoms with Gasteiger partial charge in [0.05, 0.1) is 28.1 Å². The molecule has 0 radical (unpaired) electrons. The average molecular weight is 408 g/mol. The highest BCUT2D eigenvalue weighted by Crippen LogP contribution is 2.27. The van der Waals surface area contributed by atoms with Gasteiger partial charge < -0.3 is 15.4 Å². The third-order valence-corrected chi connectivity index (χ3v) is 5.36. The zero-order chi connectivity index (χ0) is 17.5. The molecule has 0 atom stereocenters. The third-order valence-electron chi connectivity index (χ3n) is 2.68. The highest BCUT2D eigenvalue weighted by molar-refractivity contribution is 8.01. The van der Waals surface area contributed by atoms with Crippen LogP contribution in [0, 0.1) is 6.92 Å². The molecule has 2 aromatic rings. The van der Waals surface area contributed by atoms with Crippen molar-refractivity contribution in [2.75, 3.05) is 36.6 Å². The van der Waals surface area contributed by atoms with Crippen LogP contribution in [0.4, 0.5) is 10.9 Å². The van der Waals surface area contributed by atoms with Crippen molar-refractivity contribution >= 4 is 63.2 Å². The van der Waals surface area contributed by atoms with Gasteiger partial charge >= 0.3 is 0 Å². The molecule has 11 heteroatoms. The number of aromatic nitrogens is 3. The zero-order valence-corrected chi connectivity index (χ0v) is 16.1. The van der Waals surface area contributed by atoms with E-state index < -0.39 is 0 Å². The Hall–Kier alpha value is -1.13. The number of thioether (sulfide) groups is 1. The fourth-order valence-electron chi connectivity index (χ4n) is 1.54. The number of nitrogens with one attached hydrogen (secondary N) is 2. The summed E-state index contributed by atoms with van der Waals surface area (Å²) in [6, 6.07) is 1.55. The minimum Gasteiger partial charge on any atom is -0.383 e. The molecule has 0 aliphatic rings. The number of anilines is 2. The van der Waals surface area contributed by atoms with E-state index >= 15 is 0 Å². The van der Waals surface area contributed by atoms with Crippen molar-refractivity contribution in [3.05, 3.63) is 21.8 Å². The van der Waals surface area contributed by atoms with E-state index in [2.05, 4.69) is 25.8 Å². The van der Waals surface area contributed by atoms with Crippen LogP contribution in [-0.2, 0) is 9.53 Å². The molecule has 2 rings (SSSR count). The number of amides is 1. The van der Waals surface area contributed by atoms with Crippen LogP contribution in [0.25, 0.3) is 0 Å². The second-order valence-electron chi connectivity index (χ2n) is 4.52. The van der Waals surface area contributed by atoms with Crippen LogP contribution in [0.1, 0.15) is 5.69 Å². The maximum atomic E-state index is 12.0. The number of carbonyl (C=O) groups is 1. The van der Waals surface area contributed by atoms with Gasteiger partial charge in [0, 0.05) is 13.7 Å². The van der Waals surface area contributed by atoms with Gasteiger partial charge in [-0.05, 0) is 13.0 Å². The van der Waals surface area contributed by atoms with Crippen LogP contribution >= 0.6 is 46.3 Å². The van der Waals surface area contributed by atoms with E-state index in [4.69, 9.17) is 27.9 Å². The minimum absolute atomic E-state index is 0.173. The van der Waals surface area contributed by atoms with Crippen molar-refractivity contribution in [1.29, 1.82) is 0 Å². The Morgan fingerprint density at radius 1 is 1.38 bits per heavy atom. The topological polar surface area (TPSA) is 89.0 Å². The normalized spacial score (nSPS) is 10.7. The van der Waals surface area contributed by atoms with E-state index in [0.717, 1.165) is 0 Å². The molecule has 0 aliphatic heterocycles. The molecule has 0 unspecified atom stereocenters. The van der Waals surface area contributed by atoms with Crippen LogP contribution in [0.2, 0.25) is 10.0 Å². The lowest BCUT2D eigenvalue weighted by atomic mass is 10.3. The molecule has 0 bridgehead atoms. The Kier molecular flexibility index (Phi) is 7.50. The van der Waals surface area contributed by atoms with E-state index in [9.17, 15) is 4.79 Å². The molecule has 0 saturated carbocycles. The first-order valence-corrected chi connectivity index (χ1v) is 9.37. The molecule has 0 fully saturated rings. The number of pyridine rings is 1. The molecule has 0 aromatic carbocycles. The molecule has 0 spiro atoms. The summed E-state index contributed by atoms with van der Waals surface area (Å²) in [4.78, 5) is 16.2. The Balaban J connectivity index is 1.84. The summed E-state index contributed by atoms with van der Waals surface area (Å²) in [6.07, 6.45) is 0. The largest absolute Gasteiger partial charge is 0.383 e. The van der Waals surface area contributed by atoms with Gasteiger partial charge in [-0.1, -0.05) is 46.3 Å². The van der Waals surface area contributed by atoms with Crippen LogP contribution in [0.3, 0.4) is 0 Å². The molecule has 2 aromatic heterocycles. The summed E-state index contributed by atoms with van der Waals surface area (Å²) < 4.78 is 5.63. The van der Waals surface area contributed by atoms with Gasteiger partial charge in [0.15, 0.2) is 10.2 Å². The van der Waals surface area contributed by atoms with Gasteiger partial charge in [0.2, 0.25) is 11.0 Å². The van der Waals surface area contributed by atoms with Crippen molar-refractivity contribution in [2.24, 2.45) is 0 Å². The molecule has 0 aliphatic carbocycles. The molecular weight excluding hydrogens is 393 g/mol. The SMILES string of the molecule is COCCNc1nnc(SCC(=O)Nc2nc(C)c(Cl)cc2Cl)s1. The Bertz CT molecular complexity index is 714. The van der Waals surface area contributed by atoms with Crippen molar-refractivity contribution in [2.45, 2.75) is 11.3 Å². The molecule has 1 amide bonds. The highest BCUT2D eigenvalue weighted by Gasteiger charge is 2.12. The Labute approximate surface area is 157 Å². The molecule has 2 heterocycles. The van der Waals surface area contributed by atoms with Crippen LogP contribution in [-0.4, -0.2) is 47.1 Å². The second-order valence-corrected chi connectivity index (χ2v) is 7.53. The summed E-state index contributed by atoms with van der Waals surface area (Å²) >= 11 is 14.6. The predicted molar refractivity (Wildman–Crippen MR) is 98.6 cm³/mol. The third kappa shape index (κ3) is 5.75. The summed E-state index contributed by atoms with van der Waals surface area (Å²) in [7, 11) is 1.63. The number of hydrogen-bond donors (Lipinski definition) is 2. The van der Waals surface area contributed by atoms with Crippen LogP contribution < -0.4 is 10.6 Å². The lowest BCUT2D eigenvalue weighted by Gasteiger charge is -2.07. The average Bonchev–Trinajstić information content (AvgIpc) is 2.99. The van der Waals surface area contributed by atoms with Crippen molar-refractivity contribution in [3.63, 3.8) is 0 Å². The molecule has 2 N–H and O–H groups in total. The lowest BCUT2D eigenvalue weighted by Crippen LogP contribution is -2.15. The summed E-state index contributed by atoms with van der Waals surface area (Å²) in [6.45, 7) is 2.97. The summed E-state index contributed by atoms with van der Waals surface area (Å²) in [5.41, 5.74) is 0.597. The maximum Gasteiger partial charge on any atom is 0.236 e. The molecular formula is C13H15Cl2N5O2S2. The van der Waals surface area contributed by atoms with Gasteiger partial charge in [-0.2, -0.15) is 0 Å². The fourth-order valence-corrected chi connectivity index (χ4v) is 3.52. The smallest absolute Gasteiger partial charge is 0.236 e. The number of nitrogens with zero attached hydrogens (tertiary/aromatic N) is 3. The van der Waals surface area contributed by atoms with Gasteiger partial charge in [-0.25, -0.2) is 4.98 Å². The number of ether oxygens (including phenoxy) is 1. The Morgan fingerprint density at radius 3 is 2.92 bits per heavy atom. The number of methoxy groups -OCH3 is 1. The molecule has 7 nitrogen and oxygen atoms in total. The number of carbonyl (C=O) groups excluding carboxylic acids is 1. The van der Waals surface area contributed by atoms with Gasteiger partial charge in [0.1, 0.15) is 0 Å². The maximum absolute atomic E-state index is 12.0. The lowest BCUT2D eigenvalue weighted by molar-refractivity contribution is -0.113. The molecule has 24 heavy (non-hydrogen) atoms. The highest BCUT2D eigenvalue weighted by atomic mass is 35.5. The van der Waals surface area contributed by atoms with Crippen molar-refractivity contribution < 1.29 is 9.53 Å².